The van der Waals surface area contributed by atoms with E-state index < -0.39 is 11.1 Å². The van der Waals surface area contributed by atoms with Gasteiger partial charge in [0.15, 0.2) is 11.1 Å². The van der Waals surface area contributed by atoms with E-state index in [9.17, 15) is 4.21 Å². The van der Waals surface area contributed by atoms with Gasteiger partial charge in [0.05, 0.1) is 12.4 Å². The topological polar surface area (TPSA) is 26.3 Å². The van der Waals surface area contributed by atoms with Crippen molar-refractivity contribution in [3.05, 3.63) is 71.8 Å². The van der Waals surface area contributed by atoms with Crippen molar-refractivity contribution in [3.8, 4) is 0 Å². The predicted octanol–water partition coefficient (Wildman–Crippen LogP) is 3.07. The van der Waals surface area contributed by atoms with Gasteiger partial charge in [-0.3, -0.25) is 4.18 Å². The molecule has 1 unspecified atom stereocenters. The van der Waals surface area contributed by atoms with Crippen LogP contribution in [0.5, 0.6) is 0 Å². The molecule has 1 atom stereocenters. The molecule has 0 bridgehead atoms. The Bertz CT molecular complexity index is 468. The molecule has 2 aromatic carbocycles. The van der Waals surface area contributed by atoms with E-state index in [2.05, 4.69) is 0 Å². The van der Waals surface area contributed by atoms with Crippen LogP contribution in [0.1, 0.15) is 11.1 Å². The Morgan fingerprint density at radius 1 is 0.824 bits per heavy atom. The minimum absolute atomic E-state index is 0.389. The summed E-state index contributed by atoms with van der Waals surface area (Å²) >= 11 is -1.27. The minimum Gasteiger partial charge on any atom is -0.285 e. The summed E-state index contributed by atoms with van der Waals surface area (Å²) in [5.74, 6) is 0.438. The molecule has 0 spiro atoms. The van der Waals surface area contributed by atoms with Gasteiger partial charge in [0.1, 0.15) is 0 Å². The molecule has 2 rings (SSSR count). The normalized spacial score (nSPS) is 12.2. The Hall–Kier alpha value is -1.45. The summed E-state index contributed by atoms with van der Waals surface area (Å²) in [4.78, 5) is 0. The van der Waals surface area contributed by atoms with E-state index in [1.165, 1.54) is 0 Å². The molecule has 0 aliphatic carbocycles. The molecule has 2 aromatic rings. The molecule has 2 nitrogen and oxygen atoms in total. The SMILES string of the molecule is O=S(Cc1ccccc1)OCc1ccccc1. The van der Waals surface area contributed by atoms with Gasteiger partial charge < -0.3 is 0 Å². The summed E-state index contributed by atoms with van der Waals surface area (Å²) in [6.45, 7) is 0.389. The molecule has 0 fully saturated rings. The highest BCUT2D eigenvalue weighted by molar-refractivity contribution is 7.79. The van der Waals surface area contributed by atoms with Gasteiger partial charge in [-0.1, -0.05) is 60.7 Å². The fourth-order valence-corrected chi connectivity index (χ4v) is 2.28. The minimum atomic E-state index is -1.27. The van der Waals surface area contributed by atoms with E-state index in [4.69, 9.17) is 4.18 Å². The number of rotatable bonds is 5. The summed E-state index contributed by atoms with van der Waals surface area (Å²) in [5.41, 5.74) is 2.06. The van der Waals surface area contributed by atoms with Gasteiger partial charge in [-0.05, 0) is 11.1 Å². The van der Waals surface area contributed by atoms with Crippen LogP contribution in [0.2, 0.25) is 0 Å². The van der Waals surface area contributed by atoms with E-state index in [0.717, 1.165) is 11.1 Å². The van der Waals surface area contributed by atoms with Gasteiger partial charge in [0.25, 0.3) is 0 Å². The van der Waals surface area contributed by atoms with Gasteiger partial charge in [-0.2, -0.15) is 0 Å². The Balaban J connectivity index is 1.83. The molecule has 17 heavy (non-hydrogen) atoms. The van der Waals surface area contributed by atoms with Crippen LogP contribution in [-0.2, 0) is 27.6 Å². The summed E-state index contributed by atoms with van der Waals surface area (Å²) < 4.78 is 17.0. The zero-order chi connectivity index (χ0) is 11.9. The van der Waals surface area contributed by atoms with Crippen LogP contribution in [0.4, 0.5) is 0 Å². The van der Waals surface area contributed by atoms with Crippen LogP contribution in [0.25, 0.3) is 0 Å². The largest absolute Gasteiger partial charge is 0.285 e. The van der Waals surface area contributed by atoms with Gasteiger partial charge in [-0.15, -0.1) is 0 Å². The van der Waals surface area contributed by atoms with Crippen molar-refractivity contribution in [2.75, 3.05) is 0 Å². The van der Waals surface area contributed by atoms with Crippen LogP contribution < -0.4 is 0 Å². The molecular weight excluding hydrogens is 232 g/mol. The lowest BCUT2D eigenvalue weighted by Gasteiger charge is -2.03. The Morgan fingerprint density at radius 2 is 1.35 bits per heavy atom. The molecule has 0 saturated heterocycles. The van der Waals surface area contributed by atoms with E-state index in [1.807, 2.05) is 60.7 Å². The average molecular weight is 246 g/mol. The summed E-state index contributed by atoms with van der Waals surface area (Å²) in [7, 11) is 0. The Kier molecular flexibility index (Phi) is 4.47. The first kappa shape index (κ1) is 12.0. The van der Waals surface area contributed by atoms with Gasteiger partial charge in [-0.25, -0.2) is 4.21 Å². The van der Waals surface area contributed by atoms with Crippen molar-refractivity contribution >= 4 is 11.1 Å². The Morgan fingerprint density at radius 3 is 1.94 bits per heavy atom. The predicted molar refractivity (Wildman–Crippen MR) is 69.5 cm³/mol. The van der Waals surface area contributed by atoms with Gasteiger partial charge in [0, 0.05) is 0 Å². The Labute approximate surface area is 104 Å². The lowest BCUT2D eigenvalue weighted by atomic mass is 10.2. The number of hydrogen-bond acceptors (Lipinski definition) is 2. The first-order valence-corrected chi connectivity index (χ1v) is 6.68. The van der Waals surface area contributed by atoms with E-state index in [-0.39, 0.29) is 0 Å². The van der Waals surface area contributed by atoms with Crippen LogP contribution in [0, 0.1) is 0 Å². The first-order valence-electron chi connectivity index (χ1n) is 5.44. The van der Waals surface area contributed by atoms with Crippen molar-refractivity contribution in [2.45, 2.75) is 12.4 Å². The molecule has 0 aliphatic rings. The zero-order valence-corrected chi connectivity index (χ0v) is 10.2. The van der Waals surface area contributed by atoms with Crippen molar-refractivity contribution in [1.82, 2.24) is 0 Å². The third-order valence-corrected chi connectivity index (χ3v) is 3.28. The van der Waals surface area contributed by atoms with E-state index in [1.54, 1.807) is 0 Å². The second-order valence-electron chi connectivity index (χ2n) is 3.68. The fraction of sp³-hybridized carbons (Fsp3) is 0.143. The zero-order valence-electron chi connectivity index (χ0n) is 9.41. The molecule has 0 amide bonds. The standard InChI is InChI=1S/C14H14O2S/c15-17(12-14-9-5-2-6-10-14)16-11-13-7-3-1-4-8-13/h1-10H,11-12H2. The molecule has 3 heteroatoms. The smallest absolute Gasteiger partial charge is 0.160 e. The molecule has 0 heterocycles. The molecule has 0 saturated carbocycles. The molecule has 88 valence electrons. The van der Waals surface area contributed by atoms with Crippen LogP contribution >= 0.6 is 0 Å². The molecule has 0 N–H and O–H groups in total. The highest BCUT2D eigenvalue weighted by Crippen LogP contribution is 2.07. The van der Waals surface area contributed by atoms with Crippen LogP contribution in [0.15, 0.2) is 60.7 Å². The quantitative estimate of drug-likeness (QED) is 0.810. The van der Waals surface area contributed by atoms with Crippen molar-refractivity contribution in [2.24, 2.45) is 0 Å². The summed E-state index contributed by atoms with van der Waals surface area (Å²) in [5, 5.41) is 0. The van der Waals surface area contributed by atoms with Crippen molar-refractivity contribution in [1.29, 1.82) is 0 Å². The van der Waals surface area contributed by atoms with Gasteiger partial charge >= 0.3 is 0 Å². The second-order valence-corrected chi connectivity index (χ2v) is 4.81. The first-order chi connectivity index (χ1) is 8.34. The molecule has 0 radical (unpaired) electrons. The lowest BCUT2D eigenvalue weighted by Crippen LogP contribution is -2.01. The highest BCUT2D eigenvalue weighted by atomic mass is 32.2. The third kappa shape index (κ3) is 4.13. The highest BCUT2D eigenvalue weighted by Gasteiger charge is 2.02. The number of benzene rings is 2. The van der Waals surface area contributed by atoms with Crippen molar-refractivity contribution < 1.29 is 8.39 Å². The fourth-order valence-electron chi connectivity index (χ4n) is 1.46. The maximum Gasteiger partial charge on any atom is 0.160 e. The molecular formula is C14H14O2S. The number of hydrogen-bond donors (Lipinski definition) is 0. The maximum absolute atomic E-state index is 11.7. The van der Waals surface area contributed by atoms with Crippen LogP contribution in [-0.4, -0.2) is 4.21 Å². The van der Waals surface area contributed by atoms with Gasteiger partial charge in [0.2, 0.25) is 0 Å². The summed E-state index contributed by atoms with van der Waals surface area (Å²) in [6.07, 6.45) is 0. The van der Waals surface area contributed by atoms with E-state index >= 15 is 0 Å². The maximum atomic E-state index is 11.7. The molecule has 0 aliphatic heterocycles. The van der Waals surface area contributed by atoms with Crippen molar-refractivity contribution in [3.63, 3.8) is 0 Å². The van der Waals surface area contributed by atoms with Crippen LogP contribution in [0.3, 0.4) is 0 Å². The second kappa shape index (κ2) is 6.33. The third-order valence-electron chi connectivity index (χ3n) is 2.33. The average Bonchev–Trinajstić information content (AvgIpc) is 2.39. The molecule has 0 aromatic heterocycles. The monoisotopic (exact) mass is 246 g/mol. The summed E-state index contributed by atoms with van der Waals surface area (Å²) in [6, 6.07) is 19.5. The van der Waals surface area contributed by atoms with E-state index in [0.29, 0.717) is 12.4 Å². The lowest BCUT2D eigenvalue weighted by molar-refractivity contribution is 0.337.